The van der Waals surface area contributed by atoms with Gasteiger partial charge in [-0.2, -0.15) is 0 Å². The van der Waals surface area contributed by atoms with Gasteiger partial charge in [0.25, 0.3) is 0 Å². The Hall–Kier alpha value is -17.6. The molecule has 608 valence electrons. The van der Waals surface area contributed by atoms with Crippen LogP contribution < -0.4 is 0 Å². The van der Waals surface area contributed by atoms with Crippen LogP contribution in [0.15, 0.2) is 470 Å². The first-order valence-corrected chi connectivity index (χ1v) is 43.8. The maximum atomic E-state index is 7.20. The lowest BCUT2D eigenvalue weighted by Gasteiger charge is -2.16. The van der Waals surface area contributed by atoms with Gasteiger partial charge in [0.05, 0.1) is 32.8 Å². The third-order valence-corrected chi connectivity index (χ3v) is 24.9. The highest BCUT2D eigenvalue weighted by atomic mass is 16.3. The van der Waals surface area contributed by atoms with Crippen molar-refractivity contribution in [3.63, 3.8) is 0 Å². The molecule has 25 aromatic rings. The van der Waals surface area contributed by atoms with Crippen LogP contribution in [0.4, 0.5) is 0 Å². The molecule has 6 heterocycles. The summed E-state index contributed by atoms with van der Waals surface area (Å²) in [6, 6.07) is 161. The van der Waals surface area contributed by atoms with Gasteiger partial charge in [-0.25, -0.2) is 29.9 Å². The first-order valence-electron chi connectivity index (χ1n) is 43.8. The van der Waals surface area contributed by atoms with E-state index in [0.29, 0.717) is 34.9 Å². The largest absolute Gasteiger partial charge is 0.456 e. The molecule has 0 aliphatic carbocycles. The Bertz CT molecular complexity index is 8450. The lowest BCUT2D eigenvalue weighted by atomic mass is 9.89. The molecule has 0 saturated carbocycles. The lowest BCUT2D eigenvalue weighted by molar-refractivity contribution is 0.669. The highest BCUT2D eigenvalue weighted by Crippen LogP contribution is 2.50. The molecule has 10 heteroatoms. The Kier molecular flexibility index (Phi) is 19.0. The van der Waals surface area contributed by atoms with E-state index in [4.69, 9.17) is 38.7 Å². The van der Waals surface area contributed by atoms with E-state index in [-0.39, 0.29) is 0 Å². The number of furan rings is 2. The Morgan fingerprint density at radius 2 is 0.508 bits per heavy atom. The van der Waals surface area contributed by atoms with Gasteiger partial charge < -0.3 is 18.0 Å². The Balaban J connectivity index is 0.000000145. The summed E-state index contributed by atoms with van der Waals surface area (Å²) in [5.41, 5.74) is 30.5. The molecule has 0 fully saturated rings. The molecule has 0 bridgehead atoms. The number of aromatic nitrogens is 8. The van der Waals surface area contributed by atoms with E-state index in [1.807, 2.05) is 97.1 Å². The van der Waals surface area contributed by atoms with E-state index < -0.39 is 0 Å². The van der Waals surface area contributed by atoms with E-state index in [9.17, 15) is 0 Å². The zero-order valence-electron chi connectivity index (χ0n) is 70.3. The topological polar surface area (TPSA) is 113 Å². The Morgan fingerprint density at radius 3 is 1.03 bits per heavy atom. The number of para-hydroxylation sites is 5. The van der Waals surface area contributed by atoms with Crippen molar-refractivity contribution in [2.24, 2.45) is 0 Å². The molecule has 0 radical (unpaired) electrons. The standard InChI is InChI=1S/C63H40N4O.C57H36N4O/c1-6-19-41(20-7-1)46-37-47(42-21-8-2-9-22-42)39-48(38-46)45-33-34-50(54(40-45)63-65-61(43-23-10-3-11-24-43)64-62(66-63)44-25-12-4-13-26-44)52-30-18-32-56-58(52)59-57(68-56)36-35-53-51-29-16-17-31-55(51)67(60(53)59)49-27-14-5-15-28-49;1-5-17-37(18-6-1)40-23-15-24-41(35-40)42-31-32-44(49(36-42)57-59-55(38-19-7-2-8-20-38)58-56(60-57)39-21-9-3-10-22-39)45-28-16-29-46-47-33-34-51-52(54(47)62-53(45)46)48-27-13-14-30-50(48)61(51)43-25-11-4-12-26-43/h1-40H;1-36H. The van der Waals surface area contributed by atoms with Crippen LogP contribution in [0.5, 0.6) is 0 Å². The number of hydrogen-bond acceptors (Lipinski definition) is 8. The maximum absolute atomic E-state index is 7.20. The van der Waals surface area contributed by atoms with Gasteiger partial charge in [-0.05, 0) is 175 Å². The summed E-state index contributed by atoms with van der Waals surface area (Å²) in [5, 5.41) is 8.78. The molecule has 130 heavy (non-hydrogen) atoms. The molecule has 19 aromatic carbocycles. The van der Waals surface area contributed by atoms with Gasteiger partial charge >= 0.3 is 0 Å². The monoisotopic (exact) mass is 1660 g/mol. The van der Waals surface area contributed by atoms with Crippen molar-refractivity contribution in [1.29, 1.82) is 0 Å². The van der Waals surface area contributed by atoms with E-state index >= 15 is 0 Å². The number of hydrogen-bond donors (Lipinski definition) is 0. The van der Waals surface area contributed by atoms with E-state index in [1.54, 1.807) is 0 Å². The number of benzene rings is 19. The second kappa shape index (κ2) is 32.5. The average molecular weight is 1660 g/mol. The van der Waals surface area contributed by atoms with Crippen molar-refractivity contribution in [1.82, 2.24) is 39.0 Å². The predicted octanol–water partition coefficient (Wildman–Crippen LogP) is 31.4. The van der Waals surface area contributed by atoms with Gasteiger partial charge in [-0.1, -0.05) is 358 Å². The number of fused-ring (bicyclic) bond motifs is 14. The SMILES string of the molecule is c1ccc(-c2cc(-c3ccccc3)cc(-c3ccc(-c4cccc5oc6ccc7c8ccccc8n(-c8ccccc8)c7c6c45)c(-c4nc(-c5ccccc5)nc(-c5ccccc5)n4)c3)c2)cc1.c1ccc(-c2cccc(-c3ccc(-c4cccc5c4oc4c5ccc5c4c4ccccc4n5-c4ccccc4)c(-c4nc(-c5ccccc5)nc(-c5ccccc5)n4)c3)c2)cc1. The molecule has 6 aromatic heterocycles. The highest BCUT2D eigenvalue weighted by molar-refractivity contribution is 6.28. The van der Waals surface area contributed by atoms with Crippen LogP contribution in [-0.2, 0) is 0 Å². The predicted molar refractivity (Wildman–Crippen MR) is 534 cm³/mol. The third kappa shape index (κ3) is 13.7. The molecule has 0 N–H and O–H groups in total. The normalized spacial score (nSPS) is 11.5. The van der Waals surface area contributed by atoms with Gasteiger partial charge in [0.2, 0.25) is 0 Å². The van der Waals surface area contributed by atoms with Gasteiger partial charge in [0, 0.05) is 82.6 Å². The van der Waals surface area contributed by atoms with Crippen LogP contribution in [0.1, 0.15) is 0 Å². The first-order chi connectivity index (χ1) is 64.5. The van der Waals surface area contributed by atoms with Crippen molar-refractivity contribution in [2.45, 2.75) is 0 Å². The van der Waals surface area contributed by atoms with Crippen molar-refractivity contribution in [2.75, 3.05) is 0 Å². The third-order valence-electron chi connectivity index (χ3n) is 24.9. The van der Waals surface area contributed by atoms with Crippen molar-refractivity contribution < 1.29 is 8.83 Å². The van der Waals surface area contributed by atoms with Crippen LogP contribution in [0, 0.1) is 0 Å². The summed E-state index contributed by atoms with van der Waals surface area (Å²) < 4.78 is 18.8. The Labute approximate surface area is 749 Å². The van der Waals surface area contributed by atoms with Crippen LogP contribution in [0.25, 0.3) is 245 Å². The smallest absolute Gasteiger partial charge is 0.164 e. The van der Waals surface area contributed by atoms with Gasteiger partial charge in [-0.15, -0.1) is 0 Å². The summed E-state index contributed by atoms with van der Waals surface area (Å²) in [5.74, 6) is 3.57. The summed E-state index contributed by atoms with van der Waals surface area (Å²) in [4.78, 5) is 31.4. The summed E-state index contributed by atoms with van der Waals surface area (Å²) in [7, 11) is 0. The van der Waals surface area contributed by atoms with Crippen molar-refractivity contribution >= 4 is 87.5 Å². The van der Waals surface area contributed by atoms with Crippen LogP contribution in [-0.4, -0.2) is 39.0 Å². The lowest BCUT2D eigenvalue weighted by Crippen LogP contribution is -2.01. The number of rotatable bonds is 15. The molecule has 0 spiro atoms. The van der Waals surface area contributed by atoms with Crippen LogP contribution in [0.3, 0.4) is 0 Å². The van der Waals surface area contributed by atoms with E-state index in [1.165, 1.54) is 10.9 Å². The molecule has 0 aliphatic heterocycles. The fourth-order valence-corrected chi connectivity index (χ4v) is 18.8. The Morgan fingerprint density at radius 1 is 0.162 bits per heavy atom. The fraction of sp³-hybridized carbons (Fsp3) is 0. The molecular weight excluding hydrogens is 1590 g/mol. The molecule has 25 rings (SSSR count). The quantitative estimate of drug-likeness (QED) is 0.0997. The summed E-state index contributed by atoms with van der Waals surface area (Å²) >= 11 is 0. The zero-order valence-corrected chi connectivity index (χ0v) is 70.3. The summed E-state index contributed by atoms with van der Waals surface area (Å²) in [6.07, 6.45) is 0. The van der Waals surface area contributed by atoms with Crippen molar-refractivity contribution in [3.8, 4) is 158 Å². The summed E-state index contributed by atoms with van der Waals surface area (Å²) in [6.45, 7) is 0. The zero-order chi connectivity index (χ0) is 86.0. The molecule has 0 aliphatic rings. The highest BCUT2D eigenvalue weighted by Gasteiger charge is 2.28. The minimum absolute atomic E-state index is 0.574. The fourth-order valence-electron chi connectivity index (χ4n) is 18.8. The first kappa shape index (κ1) is 76.1. The van der Waals surface area contributed by atoms with Crippen LogP contribution >= 0.6 is 0 Å². The maximum Gasteiger partial charge on any atom is 0.164 e. The number of nitrogens with zero attached hydrogens (tertiary/aromatic N) is 8. The van der Waals surface area contributed by atoms with Crippen LogP contribution in [0.2, 0.25) is 0 Å². The molecule has 0 amide bonds. The minimum atomic E-state index is 0.574. The molecule has 10 nitrogen and oxygen atoms in total. The van der Waals surface area contributed by atoms with Gasteiger partial charge in [-0.3, -0.25) is 0 Å². The van der Waals surface area contributed by atoms with E-state index in [0.717, 1.165) is 199 Å². The molecular formula is C120H76N8O2. The van der Waals surface area contributed by atoms with Gasteiger partial charge in [0.1, 0.15) is 22.3 Å². The average Bonchev–Trinajstić information content (AvgIpc) is 1.55. The van der Waals surface area contributed by atoms with Crippen molar-refractivity contribution in [3.05, 3.63) is 461 Å². The van der Waals surface area contributed by atoms with E-state index in [2.05, 4.69) is 373 Å². The second-order valence-corrected chi connectivity index (χ2v) is 32.7. The molecule has 0 atom stereocenters. The van der Waals surface area contributed by atoms with Gasteiger partial charge in [0.15, 0.2) is 34.9 Å². The second-order valence-electron chi connectivity index (χ2n) is 32.7. The molecule has 0 unspecified atom stereocenters. The minimum Gasteiger partial charge on any atom is -0.456 e. The molecule has 0 saturated heterocycles.